The van der Waals surface area contributed by atoms with Gasteiger partial charge in [0, 0.05) is 24.7 Å². The highest BCUT2D eigenvalue weighted by atomic mass is 19.1. The zero-order valence-corrected chi connectivity index (χ0v) is 21.0. The number of anilines is 2. The lowest BCUT2D eigenvalue weighted by Gasteiger charge is -2.27. The van der Waals surface area contributed by atoms with Crippen LogP contribution in [0.1, 0.15) is 63.0 Å². The quantitative estimate of drug-likeness (QED) is 0.287. The van der Waals surface area contributed by atoms with Crippen LogP contribution in [-0.4, -0.2) is 31.6 Å². The smallest absolute Gasteiger partial charge is 0.227 e. The average molecular weight is 500 g/mol. The molecule has 2 fully saturated rings. The van der Waals surface area contributed by atoms with Crippen LogP contribution in [-0.2, 0) is 6.54 Å². The molecule has 0 aliphatic heterocycles. The predicted octanol–water partition coefficient (Wildman–Crippen LogP) is 6.04. The summed E-state index contributed by atoms with van der Waals surface area (Å²) in [5, 5.41) is 7.09. The highest BCUT2D eigenvalue weighted by molar-refractivity contribution is 5.84. The second-order valence-electron chi connectivity index (χ2n) is 10.5. The lowest BCUT2D eigenvalue weighted by molar-refractivity contribution is 0.410. The summed E-state index contributed by atoms with van der Waals surface area (Å²) in [5.41, 5.74) is 10.8. The molecule has 8 heteroatoms. The zero-order valence-electron chi connectivity index (χ0n) is 21.0. The lowest BCUT2D eigenvalue weighted by Crippen LogP contribution is -2.33. The van der Waals surface area contributed by atoms with Gasteiger partial charge in [0.25, 0.3) is 0 Å². The van der Waals surface area contributed by atoms with E-state index in [1.54, 1.807) is 12.1 Å². The molecule has 4 aromatic rings. The molecular weight excluding hydrogens is 465 g/mol. The fourth-order valence-electron chi connectivity index (χ4n) is 5.67. The van der Waals surface area contributed by atoms with Gasteiger partial charge in [-0.05, 0) is 67.3 Å². The van der Waals surface area contributed by atoms with E-state index < -0.39 is 0 Å². The number of hydrogen-bond donors (Lipinski definition) is 3. The highest BCUT2D eigenvalue weighted by Gasteiger charge is 2.24. The van der Waals surface area contributed by atoms with Gasteiger partial charge in [0.15, 0.2) is 17.0 Å². The maximum absolute atomic E-state index is 13.6. The van der Waals surface area contributed by atoms with Crippen LogP contribution in [0.15, 0.2) is 54.9 Å². The van der Waals surface area contributed by atoms with Crippen molar-refractivity contribution in [3.63, 3.8) is 0 Å². The number of nitrogens with zero attached hydrogens (tertiary/aromatic N) is 4. The number of fused-ring (bicyclic) bond motifs is 1. The molecule has 0 amide bonds. The van der Waals surface area contributed by atoms with E-state index in [2.05, 4.69) is 27.3 Å². The maximum atomic E-state index is 13.6. The van der Waals surface area contributed by atoms with Gasteiger partial charge < -0.3 is 20.9 Å². The van der Waals surface area contributed by atoms with Gasteiger partial charge in [-0.3, -0.25) is 0 Å². The van der Waals surface area contributed by atoms with E-state index in [1.807, 2.05) is 24.5 Å². The van der Waals surface area contributed by atoms with Crippen molar-refractivity contribution in [1.29, 1.82) is 0 Å². The molecule has 0 radical (unpaired) electrons. The summed E-state index contributed by atoms with van der Waals surface area (Å²) in [6.45, 7) is 0.601. The van der Waals surface area contributed by atoms with E-state index in [0.29, 0.717) is 30.6 Å². The van der Waals surface area contributed by atoms with Crippen LogP contribution in [0.5, 0.6) is 0 Å². The number of aromatic nitrogens is 4. The first kappa shape index (κ1) is 23.9. The Morgan fingerprint density at radius 2 is 1.70 bits per heavy atom. The lowest BCUT2D eigenvalue weighted by atomic mass is 9.92. The van der Waals surface area contributed by atoms with Gasteiger partial charge in [0.1, 0.15) is 5.82 Å². The molecule has 0 unspecified atom stereocenters. The number of benzene rings is 2. The SMILES string of the molecule is NC1CCC(Nc2nc(NCc3ccc(-c4cccc(F)c4)cc3)c3ncn(C4CCCC4)c3n2)CC1. The fraction of sp³-hybridized carbons (Fsp3) is 0.414. The van der Waals surface area contributed by atoms with Crippen LogP contribution in [0, 0.1) is 5.82 Å². The van der Waals surface area contributed by atoms with Crippen LogP contribution < -0.4 is 16.4 Å². The van der Waals surface area contributed by atoms with E-state index in [-0.39, 0.29) is 5.82 Å². The summed E-state index contributed by atoms with van der Waals surface area (Å²) >= 11 is 0. The summed E-state index contributed by atoms with van der Waals surface area (Å²) in [4.78, 5) is 14.5. The molecule has 0 bridgehead atoms. The van der Waals surface area contributed by atoms with Crippen molar-refractivity contribution < 1.29 is 4.39 Å². The molecule has 0 spiro atoms. The third-order valence-corrected chi connectivity index (χ3v) is 7.82. The second-order valence-corrected chi connectivity index (χ2v) is 10.5. The van der Waals surface area contributed by atoms with Crippen LogP contribution in [0.25, 0.3) is 22.3 Å². The highest BCUT2D eigenvalue weighted by Crippen LogP contribution is 2.33. The van der Waals surface area contributed by atoms with E-state index >= 15 is 0 Å². The summed E-state index contributed by atoms with van der Waals surface area (Å²) in [6, 6.07) is 15.9. The monoisotopic (exact) mass is 499 g/mol. The number of rotatable bonds is 7. The van der Waals surface area contributed by atoms with Gasteiger partial charge in [-0.25, -0.2) is 9.37 Å². The van der Waals surface area contributed by atoms with Gasteiger partial charge in [-0.15, -0.1) is 0 Å². The van der Waals surface area contributed by atoms with Crippen molar-refractivity contribution in [3.8, 4) is 11.1 Å². The molecule has 2 saturated carbocycles. The summed E-state index contributed by atoms with van der Waals surface area (Å²) in [5.74, 6) is 1.16. The van der Waals surface area contributed by atoms with Gasteiger partial charge >= 0.3 is 0 Å². The molecule has 2 aromatic heterocycles. The van der Waals surface area contributed by atoms with Crippen LogP contribution in [0.3, 0.4) is 0 Å². The topological polar surface area (TPSA) is 93.7 Å². The summed E-state index contributed by atoms with van der Waals surface area (Å²) in [6.07, 6.45) is 10.9. The maximum Gasteiger partial charge on any atom is 0.227 e. The van der Waals surface area contributed by atoms with Gasteiger partial charge in [-0.1, -0.05) is 49.2 Å². The Hall–Kier alpha value is -3.52. The van der Waals surface area contributed by atoms with E-state index in [0.717, 1.165) is 59.4 Å². The Bertz CT molecular complexity index is 1350. The first-order valence-corrected chi connectivity index (χ1v) is 13.5. The Kier molecular flexibility index (Phi) is 6.74. The summed E-state index contributed by atoms with van der Waals surface area (Å²) in [7, 11) is 0. The van der Waals surface area contributed by atoms with Gasteiger partial charge in [0.2, 0.25) is 5.95 Å². The minimum Gasteiger partial charge on any atom is -0.364 e. The van der Waals surface area contributed by atoms with Crippen molar-refractivity contribution in [3.05, 3.63) is 66.2 Å². The number of imidazole rings is 1. The second kappa shape index (κ2) is 10.5. The van der Waals surface area contributed by atoms with Crippen molar-refractivity contribution in [1.82, 2.24) is 19.5 Å². The third-order valence-electron chi connectivity index (χ3n) is 7.82. The minimum absolute atomic E-state index is 0.228. The number of nitrogens with two attached hydrogens (primary N) is 1. The third kappa shape index (κ3) is 5.30. The van der Waals surface area contributed by atoms with Crippen LogP contribution >= 0.6 is 0 Å². The number of halogens is 1. The predicted molar refractivity (Wildman–Crippen MR) is 146 cm³/mol. The van der Waals surface area contributed by atoms with Crippen molar-refractivity contribution in [2.75, 3.05) is 10.6 Å². The molecule has 2 aliphatic rings. The summed E-state index contributed by atoms with van der Waals surface area (Å²) < 4.78 is 15.9. The first-order valence-electron chi connectivity index (χ1n) is 13.5. The first-order chi connectivity index (χ1) is 18.1. The van der Waals surface area contributed by atoms with E-state index in [9.17, 15) is 4.39 Å². The number of hydrogen-bond acceptors (Lipinski definition) is 6. The van der Waals surface area contributed by atoms with E-state index in [1.165, 1.54) is 31.7 Å². The Morgan fingerprint density at radius 1 is 0.919 bits per heavy atom. The van der Waals surface area contributed by atoms with Crippen LogP contribution in [0.2, 0.25) is 0 Å². The molecule has 0 saturated heterocycles. The van der Waals surface area contributed by atoms with E-state index in [4.69, 9.17) is 20.7 Å². The molecule has 2 aliphatic carbocycles. The fourth-order valence-corrected chi connectivity index (χ4v) is 5.67. The average Bonchev–Trinajstić information content (AvgIpc) is 3.59. The molecule has 6 rings (SSSR count). The minimum atomic E-state index is -0.228. The zero-order chi connectivity index (χ0) is 25.2. The molecule has 192 valence electrons. The van der Waals surface area contributed by atoms with Crippen LogP contribution in [0.4, 0.5) is 16.2 Å². The molecule has 4 N–H and O–H groups in total. The normalized spacial score (nSPS) is 20.4. The number of nitrogens with one attached hydrogen (secondary N) is 2. The van der Waals surface area contributed by atoms with Crippen molar-refractivity contribution in [2.24, 2.45) is 5.73 Å². The molecular formula is C29H34FN7. The Labute approximate surface area is 216 Å². The molecule has 7 nitrogen and oxygen atoms in total. The largest absolute Gasteiger partial charge is 0.364 e. The Morgan fingerprint density at radius 3 is 2.46 bits per heavy atom. The molecule has 37 heavy (non-hydrogen) atoms. The Balaban J connectivity index is 1.24. The molecule has 2 heterocycles. The van der Waals surface area contributed by atoms with Gasteiger partial charge in [-0.2, -0.15) is 9.97 Å². The van der Waals surface area contributed by atoms with Crippen molar-refractivity contribution >= 4 is 22.9 Å². The standard InChI is InChI=1S/C29H34FN7/c30-22-5-3-4-21(16-22)20-10-8-19(9-11-20)17-32-27-26-28(37(18-33-26)25-6-1-2-7-25)36-29(35-27)34-24-14-12-23(31)13-15-24/h3-5,8-11,16,18,23-25H,1-2,6-7,12-15,17,31H2,(H2,32,34,35,36). The molecule has 2 aromatic carbocycles. The van der Waals surface area contributed by atoms with Gasteiger partial charge in [0.05, 0.1) is 6.33 Å². The van der Waals surface area contributed by atoms with Crippen molar-refractivity contribution in [2.45, 2.75) is 76.0 Å². The molecule has 0 atom stereocenters.